The first-order valence-electron chi connectivity index (χ1n) is 9.02. The number of aliphatic hydroxyl groups is 1. The normalized spacial score (nSPS) is 18.1. The molecule has 3 aromatic rings. The highest BCUT2D eigenvalue weighted by molar-refractivity contribution is 6.51. The molecule has 6 nitrogen and oxygen atoms in total. The van der Waals surface area contributed by atoms with Crippen LogP contribution in [0.5, 0.6) is 5.75 Å². The molecule has 2 aromatic carbocycles. The third-order valence-corrected chi connectivity index (χ3v) is 4.85. The van der Waals surface area contributed by atoms with E-state index in [9.17, 15) is 14.7 Å². The van der Waals surface area contributed by atoms with E-state index in [-0.39, 0.29) is 11.3 Å². The topological polar surface area (TPSA) is 79.7 Å². The molecule has 1 aromatic heterocycles. The van der Waals surface area contributed by atoms with Gasteiger partial charge in [-0.05, 0) is 29.8 Å². The summed E-state index contributed by atoms with van der Waals surface area (Å²) in [6, 6.07) is 18.4. The molecular weight excluding hydrogens is 368 g/mol. The van der Waals surface area contributed by atoms with Crippen LogP contribution in [0.2, 0.25) is 0 Å². The summed E-state index contributed by atoms with van der Waals surface area (Å²) in [7, 11) is 1.56. The van der Waals surface area contributed by atoms with E-state index in [1.807, 2.05) is 6.07 Å². The first-order valence-corrected chi connectivity index (χ1v) is 9.02. The average Bonchev–Trinajstić information content (AvgIpc) is 3.05. The monoisotopic (exact) mass is 386 g/mol. The number of nitrogens with zero attached hydrogens (tertiary/aromatic N) is 2. The number of rotatable bonds is 4. The second-order valence-corrected chi connectivity index (χ2v) is 6.52. The Kier molecular flexibility index (Phi) is 4.83. The van der Waals surface area contributed by atoms with Crippen molar-refractivity contribution in [1.29, 1.82) is 0 Å². The molecule has 0 radical (unpaired) electrons. The van der Waals surface area contributed by atoms with Crippen molar-refractivity contribution in [1.82, 2.24) is 4.98 Å². The Morgan fingerprint density at radius 3 is 2.34 bits per heavy atom. The summed E-state index contributed by atoms with van der Waals surface area (Å²) in [5.74, 6) is -1.02. The van der Waals surface area contributed by atoms with Gasteiger partial charge in [0.1, 0.15) is 11.5 Å². The van der Waals surface area contributed by atoms with Crippen molar-refractivity contribution < 1.29 is 19.4 Å². The Morgan fingerprint density at radius 2 is 1.72 bits per heavy atom. The molecule has 1 atom stereocenters. The zero-order valence-electron chi connectivity index (χ0n) is 15.6. The predicted octanol–water partition coefficient (Wildman–Crippen LogP) is 3.72. The Morgan fingerprint density at radius 1 is 1.00 bits per heavy atom. The minimum atomic E-state index is -0.787. The van der Waals surface area contributed by atoms with Crippen LogP contribution >= 0.6 is 0 Å². The van der Waals surface area contributed by atoms with Gasteiger partial charge in [0, 0.05) is 11.8 Å². The highest BCUT2D eigenvalue weighted by Crippen LogP contribution is 2.42. The van der Waals surface area contributed by atoms with Crippen LogP contribution in [0.25, 0.3) is 5.76 Å². The lowest BCUT2D eigenvalue weighted by molar-refractivity contribution is -0.132. The Labute approximate surface area is 167 Å². The first-order chi connectivity index (χ1) is 14.1. The molecule has 1 aliphatic rings. The number of amides is 1. The van der Waals surface area contributed by atoms with Crippen LogP contribution in [0.15, 0.2) is 84.7 Å². The molecule has 6 heteroatoms. The van der Waals surface area contributed by atoms with Crippen molar-refractivity contribution in [3.63, 3.8) is 0 Å². The van der Waals surface area contributed by atoms with E-state index in [2.05, 4.69) is 4.98 Å². The van der Waals surface area contributed by atoms with Crippen LogP contribution in [-0.4, -0.2) is 28.9 Å². The average molecular weight is 386 g/mol. The minimum absolute atomic E-state index is 0.0372. The number of pyridine rings is 1. The van der Waals surface area contributed by atoms with Crippen molar-refractivity contribution in [2.45, 2.75) is 6.04 Å². The van der Waals surface area contributed by atoms with Crippen LogP contribution in [-0.2, 0) is 9.59 Å². The predicted molar refractivity (Wildman–Crippen MR) is 108 cm³/mol. The smallest absolute Gasteiger partial charge is 0.300 e. The summed E-state index contributed by atoms with van der Waals surface area (Å²) < 4.78 is 5.21. The lowest BCUT2D eigenvalue weighted by atomic mass is 9.95. The SMILES string of the molecule is COc1ccc(C2/C(=C(/O)c3ccccc3)C(=O)C(=O)N2c2cccnc2)cc1. The second kappa shape index (κ2) is 7.59. The largest absolute Gasteiger partial charge is 0.507 e. The fourth-order valence-electron chi connectivity index (χ4n) is 3.45. The summed E-state index contributed by atoms with van der Waals surface area (Å²) in [5, 5.41) is 10.9. The number of carbonyl (C=O) groups is 2. The van der Waals surface area contributed by atoms with Crippen molar-refractivity contribution in [2.75, 3.05) is 12.0 Å². The molecule has 1 aliphatic heterocycles. The van der Waals surface area contributed by atoms with E-state index in [1.54, 1.807) is 74.0 Å². The summed E-state index contributed by atoms with van der Waals surface area (Å²) in [6.45, 7) is 0. The number of aromatic nitrogens is 1. The molecule has 1 saturated heterocycles. The van der Waals surface area contributed by atoms with Crippen molar-refractivity contribution in [2.24, 2.45) is 0 Å². The highest BCUT2D eigenvalue weighted by Gasteiger charge is 2.47. The number of anilines is 1. The van der Waals surface area contributed by atoms with Crippen LogP contribution in [0.3, 0.4) is 0 Å². The summed E-state index contributed by atoms with van der Waals surface area (Å²) >= 11 is 0. The maximum atomic E-state index is 13.0. The number of methoxy groups -OCH3 is 1. The lowest BCUT2D eigenvalue weighted by Crippen LogP contribution is -2.29. The Bertz CT molecular complexity index is 1080. The molecule has 1 fully saturated rings. The van der Waals surface area contributed by atoms with Crippen molar-refractivity contribution in [3.8, 4) is 5.75 Å². The number of ether oxygens (including phenoxy) is 1. The highest BCUT2D eigenvalue weighted by atomic mass is 16.5. The molecule has 4 rings (SSSR count). The zero-order chi connectivity index (χ0) is 20.4. The second-order valence-electron chi connectivity index (χ2n) is 6.52. The lowest BCUT2D eigenvalue weighted by Gasteiger charge is -2.25. The van der Waals surface area contributed by atoms with Gasteiger partial charge in [-0.15, -0.1) is 0 Å². The van der Waals surface area contributed by atoms with Gasteiger partial charge in [-0.3, -0.25) is 19.5 Å². The van der Waals surface area contributed by atoms with Gasteiger partial charge in [-0.25, -0.2) is 0 Å². The fourth-order valence-corrected chi connectivity index (χ4v) is 3.45. The fraction of sp³-hybridized carbons (Fsp3) is 0.0870. The van der Waals surface area contributed by atoms with Gasteiger partial charge in [0.15, 0.2) is 0 Å². The van der Waals surface area contributed by atoms with E-state index >= 15 is 0 Å². The van der Waals surface area contributed by atoms with Crippen LogP contribution in [0, 0.1) is 0 Å². The zero-order valence-corrected chi connectivity index (χ0v) is 15.6. The number of ketones is 1. The van der Waals surface area contributed by atoms with Crippen LogP contribution in [0.4, 0.5) is 5.69 Å². The van der Waals surface area contributed by atoms with E-state index < -0.39 is 17.7 Å². The number of hydrogen-bond donors (Lipinski definition) is 1. The quantitative estimate of drug-likeness (QED) is 0.420. The first kappa shape index (κ1) is 18.4. The third-order valence-electron chi connectivity index (χ3n) is 4.85. The third kappa shape index (κ3) is 3.25. The van der Waals surface area contributed by atoms with Gasteiger partial charge in [0.05, 0.1) is 30.6 Å². The molecule has 29 heavy (non-hydrogen) atoms. The molecular formula is C23H18N2O4. The van der Waals surface area contributed by atoms with Gasteiger partial charge in [0.2, 0.25) is 0 Å². The molecule has 0 spiro atoms. The summed E-state index contributed by atoms with van der Waals surface area (Å²) in [6.07, 6.45) is 3.11. The molecule has 1 amide bonds. The number of Topliss-reactive ketones (excluding diaryl/α,β-unsaturated/α-hetero) is 1. The summed E-state index contributed by atoms with van der Waals surface area (Å²) in [4.78, 5) is 31.3. The van der Waals surface area contributed by atoms with Gasteiger partial charge >= 0.3 is 0 Å². The van der Waals surface area contributed by atoms with E-state index in [0.29, 0.717) is 22.6 Å². The van der Waals surface area contributed by atoms with Crippen molar-refractivity contribution >= 4 is 23.1 Å². The van der Waals surface area contributed by atoms with E-state index in [0.717, 1.165) is 0 Å². The molecule has 1 unspecified atom stereocenters. The molecule has 2 heterocycles. The Hall–Kier alpha value is -3.93. The van der Waals surface area contributed by atoms with Crippen LogP contribution in [0.1, 0.15) is 17.2 Å². The standard InChI is InChI=1S/C23H18N2O4/c1-29-18-11-9-15(10-12-18)20-19(21(26)16-6-3-2-4-7-16)22(27)23(28)25(20)17-8-5-13-24-14-17/h2-14,20,26H,1H3/b21-19-. The van der Waals surface area contributed by atoms with Gasteiger partial charge < -0.3 is 9.84 Å². The van der Waals surface area contributed by atoms with E-state index in [1.165, 1.54) is 11.1 Å². The van der Waals surface area contributed by atoms with Gasteiger partial charge in [0.25, 0.3) is 11.7 Å². The molecule has 0 bridgehead atoms. The molecule has 144 valence electrons. The van der Waals surface area contributed by atoms with Gasteiger partial charge in [-0.1, -0.05) is 42.5 Å². The maximum Gasteiger partial charge on any atom is 0.300 e. The number of carbonyl (C=O) groups excluding carboxylic acids is 2. The number of hydrogen-bond acceptors (Lipinski definition) is 5. The minimum Gasteiger partial charge on any atom is -0.507 e. The van der Waals surface area contributed by atoms with Crippen LogP contribution < -0.4 is 9.64 Å². The van der Waals surface area contributed by atoms with Gasteiger partial charge in [-0.2, -0.15) is 0 Å². The Balaban J connectivity index is 1.93. The number of aliphatic hydroxyl groups excluding tert-OH is 1. The molecule has 1 N–H and O–H groups in total. The number of benzene rings is 2. The van der Waals surface area contributed by atoms with Crippen molar-refractivity contribution in [3.05, 3.63) is 95.8 Å². The summed E-state index contributed by atoms with van der Waals surface area (Å²) in [5.41, 5.74) is 1.65. The maximum absolute atomic E-state index is 13.0. The van der Waals surface area contributed by atoms with E-state index in [4.69, 9.17) is 4.74 Å². The molecule has 0 saturated carbocycles. The molecule has 0 aliphatic carbocycles.